The van der Waals surface area contributed by atoms with E-state index in [4.69, 9.17) is 23.7 Å². The lowest BCUT2D eigenvalue weighted by molar-refractivity contribution is 0.0291. The molecule has 0 saturated carbocycles. The molecule has 2 amide bonds. The predicted octanol–water partition coefficient (Wildman–Crippen LogP) is 1.35. The van der Waals surface area contributed by atoms with Crippen LogP contribution in [0.1, 0.15) is 25.7 Å². The fraction of sp³-hybridized carbons (Fsp3) is 0.417. The second-order valence-corrected chi connectivity index (χ2v) is 9.66. The van der Waals surface area contributed by atoms with Gasteiger partial charge in [-0.25, -0.2) is 4.68 Å². The zero-order chi connectivity index (χ0) is 25.4. The molecule has 1 aromatic carbocycles. The Morgan fingerprint density at radius 1 is 1.16 bits per heavy atom. The van der Waals surface area contributed by atoms with Crippen molar-refractivity contribution in [3.63, 3.8) is 0 Å². The highest BCUT2D eigenvalue weighted by atomic mass is 32.1. The number of amides is 2. The summed E-state index contributed by atoms with van der Waals surface area (Å²) in [7, 11) is 1.54. The first-order chi connectivity index (χ1) is 18.1. The van der Waals surface area contributed by atoms with Gasteiger partial charge in [0.15, 0.2) is 23.0 Å². The summed E-state index contributed by atoms with van der Waals surface area (Å²) in [6.07, 6.45) is 1.34. The molecule has 2 aromatic heterocycles. The predicted molar refractivity (Wildman–Crippen MR) is 130 cm³/mol. The van der Waals surface area contributed by atoms with Crippen molar-refractivity contribution in [1.82, 2.24) is 25.2 Å². The molecule has 13 heteroatoms. The molecule has 4 bridgehead atoms. The number of ether oxygens (including phenoxy) is 5. The Hall–Kier alpha value is -3.84. The number of carbonyl (C=O) groups is 2. The van der Waals surface area contributed by atoms with E-state index in [0.717, 1.165) is 0 Å². The van der Waals surface area contributed by atoms with Crippen molar-refractivity contribution in [3.8, 4) is 23.0 Å². The van der Waals surface area contributed by atoms with Crippen LogP contribution in [-0.4, -0.2) is 83.9 Å². The molecular weight excluding hydrogens is 502 g/mol. The van der Waals surface area contributed by atoms with Gasteiger partial charge in [0.2, 0.25) is 0 Å². The average Bonchev–Trinajstić information content (AvgIpc) is 3.65. The molecule has 0 spiro atoms. The summed E-state index contributed by atoms with van der Waals surface area (Å²) < 4.78 is 30.4. The van der Waals surface area contributed by atoms with Gasteiger partial charge >= 0.3 is 0 Å². The van der Waals surface area contributed by atoms with Crippen LogP contribution >= 0.6 is 11.3 Å². The van der Waals surface area contributed by atoms with Crippen LogP contribution in [0.15, 0.2) is 29.8 Å². The Kier molecular flexibility index (Phi) is 6.30. The third-order valence-corrected chi connectivity index (χ3v) is 7.33. The number of fused-ring (bicyclic) bond motifs is 6. The molecule has 3 aromatic rings. The number of benzene rings is 1. The lowest BCUT2D eigenvalue weighted by atomic mass is 10.1. The maximum absolute atomic E-state index is 13.4. The Balaban J connectivity index is 1.27. The molecule has 1 saturated heterocycles. The number of nitrogens with zero attached hydrogens (tertiary/aromatic N) is 4. The molecule has 1 N–H and O–H groups in total. The normalized spacial score (nSPS) is 21.2. The monoisotopic (exact) mass is 527 g/mol. The van der Waals surface area contributed by atoms with E-state index < -0.39 is 12.1 Å². The number of hydrogen-bond donors (Lipinski definition) is 1. The summed E-state index contributed by atoms with van der Waals surface area (Å²) in [5.74, 6) is 1.53. The summed E-state index contributed by atoms with van der Waals surface area (Å²) in [5, 5.41) is 13.1. The minimum atomic E-state index is -0.454. The van der Waals surface area contributed by atoms with E-state index in [-0.39, 0.29) is 25.0 Å². The second kappa shape index (κ2) is 9.90. The molecule has 3 aliphatic rings. The van der Waals surface area contributed by atoms with Crippen molar-refractivity contribution in [1.29, 1.82) is 0 Å². The number of likely N-dealkylation sites (tertiary alicyclic amines) is 1. The molecule has 5 heterocycles. The first-order valence-electron chi connectivity index (χ1n) is 11.9. The van der Waals surface area contributed by atoms with Gasteiger partial charge in [-0.2, -0.15) is 0 Å². The first kappa shape index (κ1) is 23.6. The number of rotatable bonds is 2. The molecular formula is C24H25N5O7S. The SMILES string of the molecule is COc1ccc2cc1OCCn1cc(nn1)CO[C@H]1CN(C(=O)c3scc4c3OCCO4)C[C@@H]1NC2=O. The van der Waals surface area contributed by atoms with Crippen LogP contribution in [-0.2, 0) is 17.9 Å². The Labute approximate surface area is 216 Å². The van der Waals surface area contributed by atoms with Crippen LogP contribution in [0.5, 0.6) is 23.0 Å². The van der Waals surface area contributed by atoms with Gasteiger partial charge in [-0.1, -0.05) is 5.21 Å². The fourth-order valence-electron chi connectivity index (χ4n) is 4.54. The quantitative estimate of drug-likeness (QED) is 0.526. The van der Waals surface area contributed by atoms with Crippen molar-refractivity contribution in [3.05, 3.63) is 45.9 Å². The maximum Gasteiger partial charge on any atom is 0.268 e. The van der Waals surface area contributed by atoms with Crippen LogP contribution in [0.3, 0.4) is 0 Å². The molecule has 12 nitrogen and oxygen atoms in total. The summed E-state index contributed by atoms with van der Waals surface area (Å²) in [5.41, 5.74) is 1.05. The molecule has 2 atom stereocenters. The summed E-state index contributed by atoms with van der Waals surface area (Å²) in [4.78, 5) is 28.8. The average molecular weight is 528 g/mol. The van der Waals surface area contributed by atoms with E-state index in [1.165, 1.54) is 11.3 Å². The highest BCUT2D eigenvalue weighted by Crippen LogP contribution is 2.40. The lowest BCUT2D eigenvalue weighted by Gasteiger charge is -2.20. The number of carbonyl (C=O) groups excluding carboxylic acids is 2. The minimum Gasteiger partial charge on any atom is -0.493 e. The van der Waals surface area contributed by atoms with E-state index >= 15 is 0 Å². The van der Waals surface area contributed by atoms with Gasteiger partial charge in [0.1, 0.15) is 30.4 Å². The fourth-order valence-corrected chi connectivity index (χ4v) is 5.44. The van der Waals surface area contributed by atoms with Crippen molar-refractivity contribution < 1.29 is 33.3 Å². The second-order valence-electron chi connectivity index (χ2n) is 8.78. The highest BCUT2D eigenvalue weighted by Gasteiger charge is 2.39. The molecule has 0 radical (unpaired) electrons. The summed E-state index contributed by atoms with van der Waals surface area (Å²) in [6.45, 7) is 2.37. The molecule has 0 aliphatic carbocycles. The zero-order valence-electron chi connectivity index (χ0n) is 20.0. The van der Waals surface area contributed by atoms with Crippen molar-refractivity contribution >= 4 is 23.2 Å². The molecule has 194 valence electrons. The van der Waals surface area contributed by atoms with Crippen LogP contribution in [0, 0.1) is 0 Å². The van der Waals surface area contributed by atoms with Crippen LogP contribution < -0.4 is 24.3 Å². The maximum atomic E-state index is 13.4. The van der Waals surface area contributed by atoms with Gasteiger partial charge in [0, 0.05) is 24.0 Å². The summed E-state index contributed by atoms with van der Waals surface area (Å²) >= 11 is 1.28. The van der Waals surface area contributed by atoms with Crippen LogP contribution in [0.25, 0.3) is 0 Å². The van der Waals surface area contributed by atoms with E-state index in [1.54, 1.807) is 46.5 Å². The Bertz CT molecular complexity index is 1320. The van der Waals surface area contributed by atoms with Crippen LogP contribution in [0.4, 0.5) is 0 Å². The highest BCUT2D eigenvalue weighted by molar-refractivity contribution is 7.12. The number of hydrogen-bond acceptors (Lipinski definition) is 10. The van der Waals surface area contributed by atoms with Gasteiger partial charge < -0.3 is 33.9 Å². The standard InChI is InChI=1S/C24H25N5O7S/c1-32-17-3-2-14-8-18(17)33-5-4-29-9-15(26-27-29)12-36-19-11-28(10-16(19)25-23(14)30)24(31)22-21-20(13-37-22)34-6-7-35-21/h2-3,8-9,13,16,19H,4-7,10-12H2,1H3,(H,25,30)/t16-,19-/m0/s1. The topological polar surface area (TPSA) is 126 Å². The van der Waals surface area contributed by atoms with Gasteiger partial charge in [-0.15, -0.1) is 16.4 Å². The van der Waals surface area contributed by atoms with E-state index in [2.05, 4.69) is 15.6 Å². The lowest BCUT2D eigenvalue weighted by Crippen LogP contribution is -2.44. The molecule has 3 aliphatic heterocycles. The largest absolute Gasteiger partial charge is 0.493 e. The molecule has 1 fully saturated rings. The Morgan fingerprint density at radius 3 is 2.92 bits per heavy atom. The third-order valence-electron chi connectivity index (χ3n) is 6.40. The molecule has 6 rings (SSSR count). The van der Waals surface area contributed by atoms with Gasteiger partial charge in [-0.05, 0) is 18.2 Å². The molecule has 37 heavy (non-hydrogen) atoms. The van der Waals surface area contributed by atoms with Crippen molar-refractivity contribution in [2.24, 2.45) is 0 Å². The minimum absolute atomic E-state index is 0.187. The van der Waals surface area contributed by atoms with Crippen LogP contribution in [0.2, 0.25) is 0 Å². The Morgan fingerprint density at radius 2 is 2.03 bits per heavy atom. The van der Waals surface area contributed by atoms with Crippen molar-refractivity contribution in [2.45, 2.75) is 25.3 Å². The number of thiophene rings is 1. The number of nitrogens with one attached hydrogen (secondary N) is 1. The smallest absolute Gasteiger partial charge is 0.268 e. The zero-order valence-corrected chi connectivity index (χ0v) is 20.9. The van der Waals surface area contributed by atoms with E-state index in [0.29, 0.717) is 72.0 Å². The number of methoxy groups -OCH3 is 1. The first-order valence-corrected chi connectivity index (χ1v) is 12.8. The number of aromatic nitrogens is 3. The third kappa shape index (κ3) is 4.67. The summed E-state index contributed by atoms with van der Waals surface area (Å²) in [6, 6.07) is 4.56. The van der Waals surface area contributed by atoms with Gasteiger partial charge in [-0.3, -0.25) is 9.59 Å². The van der Waals surface area contributed by atoms with Crippen molar-refractivity contribution in [2.75, 3.05) is 40.0 Å². The van der Waals surface area contributed by atoms with E-state index in [1.807, 2.05) is 0 Å². The van der Waals surface area contributed by atoms with E-state index in [9.17, 15) is 9.59 Å². The van der Waals surface area contributed by atoms with Gasteiger partial charge in [0.05, 0.1) is 38.6 Å². The van der Waals surface area contributed by atoms with Gasteiger partial charge in [0.25, 0.3) is 11.8 Å². The molecule has 0 unspecified atom stereocenters.